The van der Waals surface area contributed by atoms with E-state index >= 15 is 0 Å². The molecule has 2 atom stereocenters. The molecule has 0 fully saturated rings. The Hall–Kier alpha value is -0.700. The third-order valence-electron chi connectivity index (χ3n) is 2.08. The van der Waals surface area contributed by atoms with Crippen LogP contribution in [0.5, 0.6) is 0 Å². The lowest BCUT2D eigenvalue weighted by molar-refractivity contribution is 0.649. The van der Waals surface area contributed by atoms with E-state index in [1.165, 1.54) is 0 Å². The van der Waals surface area contributed by atoms with E-state index in [9.17, 15) is 4.21 Å². The van der Waals surface area contributed by atoms with Gasteiger partial charge >= 0.3 is 0 Å². The van der Waals surface area contributed by atoms with Crippen LogP contribution in [0.2, 0.25) is 0 Å². The van der Waals surface area contributed by atoms with Gasteiger partial charge in [0.05, 0.1) is 5.56 Å². The van der Waals surface area contributed by atoms with Gasteiger partial charge in [-0.3, -0.25) is 4.21 Å². The highest BCUT2D eigenvalue weighted by Gasteiger charge is 2.05. The van der Waals surface area contributed by atoms with Crippen LogP contribution in [-0.2, 0) is 17.3 Å². The number of rotatable bonds is 5. The summed E-state index contributed by atoms with van der Waals surface area (Å²) in [7, 11) is -0.776. The first-order valence-electron chi connectivity index (χ1n) is 4.64. The number of hydrogen-bond acceptors (Lipinski definition) is 4. The summed E-state index contributed by atoms with van der Waals surface area (Å²) in [4.78, 5) is 1.14. The van der Waals surface area contributed by atoms with Crippen molar-refractivity contribution in [3.05, 3.63) is 21.9 Å². The van der Waals surface area contributed by atoms with Gasteiger partial charge in [0, 0.05) is 45.7 Å². The first-order valence-corrected chi connectivity index (χ1v) is 7.14. The SMILES string of the molecule is CC(CNCc1cc(C#N)cs1)S(C)=O. The number of nitrogens with one attached hydrogen (secondary N) is 1. The highest BCUT2D eigenvalue weighted by atomic mass is 32.2. The molecular formula is C10H14N2OS2. The molecule has 1 rings (SSSR count). The smallest absolute Gasteiger partial charge is 0.100 e. The average molecular weight is 242 g/mol. The van der Waals surface area contributed by atoms with Crippen LogP contribution in [0.4, 0.5) is 0 Å². The van der Waals surface area contributed by atoms with E-state index < -0.39 is 10.8 Å². The van der Waals surface area contributed by atoms with E-state index in [0.717, 1.165) is 18.0 Å². The van der Waals surface area contributed by atoms with Crippen molar-refractivity contribution in [1.29, 1.82) is 5.26 Å². The highest BCUT2D eigenvalue weighted by Crippen LogP contribution is 2.13. The largest absolute Gasteiger partial charge is 0.311 e. The zero-order chi connectivity index (χ0) is 11.3. The van der Waals surface area contributed by atoms with Crippen molar-refractivity contribution in [2.75, 3.05) is 12.8 Å². The molecule has 0 aromatic carbocycles. The lowest BCUT2D eigenvalue weighted by Crippen LogP contribution is -2.26. The molecule has 0 radical (unpaired) electrons. The maximum Gasteiger partial charge on any atom is 0.100 e. The number of nitrogens with zero attached hydrogens (tertiary/aromatic N) is 1. The minimum Gasteiger partial charge on any atom is -0.311 e. The van der Waals surface area contributed by atoms with Gasteiger partial charge in [-0.2, -0.15) is 5.26 Å². The van der Waals surface area contributed by atoms with Crippen molar-refractivity contribution in [1.82, 2.24) is 5.32 Å². The van der Waals surface area contributed by atoms with Gasteiger partial charge in [0.1, 0.15) is 6.07 Å². The number of nitriles is 1. The lowest BCUT2D eigenvalue weighted by Gasteiger charge is -2.08. The van der Waals surface area contributed by atoms with Gasteiger partial charge in [0.25, 0.3) is 0 Å². The summed E-state index contributed by atoms with van der Waals surface area (Å²) in [5.41, 5.74) is 0.712. The first-order chi connectivity index (χ1) is 7.13. The van der Waals surface area contributed by atoms with Crippen LogP contribution in [0.1, 0.15) is 17.4 Å². The van der Waals surface area contributed by atoms with Gasteiger partial charge in [-0.05, 0) is 13.0 Å². The van der Waals surface area contributed by atoms with Crippen molar-refractivity contribution in [3.8, 4) is 6.07 Å². The Morgan fingerprint density at radius 1 is 1.73 bits per heavy atom. The quantitative estimate of drug-likeness (QED) is 0.851. The summed E-state index contributed by atoms with van der Waals surface area (Å²) in [6, 6.07) is 3.98. The Balaban J connectivity index is 2.32. The molecule has 0 saturated carbocycles. The molecule has 1 aromatic heterocycles. The topological polar surface area (TPSA) is 52.9 Å². The van der Waals surface area contributed by atoms with Crippen LogP contribution in [0.3, 0.4) is 0 Å². The van der Waals surface area contributed by atoms with Gasteiger partial charge < -0.3 is 5.32 Å². The summed E-state index contributed by atoms with van der Waals surface area (Å²) >= 11 is 1.57. The summed E-state index contributed by atoms with van der Waals surface area (Å²) in [6.07, 6.45) is 1.71. The van der Waals surface area contributed by atoms with Crippen molar-refractivity contribution in [2.24, 2.45) is 0 Å². The van der Waals surface area contributed by atoms with Crippen LogP contribution in [-0.4, -0.2) is 22.3 Å². The van der Waals surface area contributed by atoms with E-state index in [0.29, 0.717) is 5.56 Å². The molecule has 15 heavy (non-hydrogen) atoms. The van der Waals surface area contributed by atoms with Gasteiger partial charge in [-0.1, -0.05) is 0 Å². The molecule has 1 N–H and O–H groups in total. The molecule has 2 unspecified atom stereocenters. The first kappa shape index (κ1) is 12.4. The maximum atomic E-state index is 11.1. The van der Waals surface area contributed by atoms with E-state index in [1.54, 1.807) is 17.6 Å². The number of thiophene rings is 1. The average Bonchev–Trinajstić information content (AvgIpc) is 2.65. The van der Waals surface area contributed by atoms with Gasteiger partial charge in [0.15, 0.2) is 0 Å². The second-order valence-electron chi connectivity index (χ2n) is 3.35. The second kappa shape index (κ2) is 6.01. The summed E-state index contributed by atoms with van der Waals surface area (Å²) < 4.78 is 11.1. The van der Waals surface area contributed by atoms with Crippen LogP contribution < -0.4 is 5.32 Å². The molecule has 82 valence electrons. The molecule has 0 spiro atoms. The second-order valence-corrected chi connectivity index (χ2v) is 6.15. The van der Waals surface area contributed by atoms with Gasteiger partial charge in [0.2, 0.25) is 0 Å². The predicted molar refractivity (Wildman–Crippen MR) is 64.3 cm³/mol. The molecule has 0 aliphatic rings. The molecule has 0 amide bonds. The van der Waals surface area contributed by atoms with Crippen molar-refractivity contribution in [2.45, 2.75) is 18.7 Å². The van der Waals surface area contributed by atoms with Crippen molar-refractivity contribution >= 4 is 22.1 Å². The Bertz CT molecular complexity index is 381. The third-order valence-corrected chi connectivity index (χ3v) is 4.32. The zero-order valence-corrected chi connectivity index (χ0v) is 10.5. The molecular weight excluding hydrogens is 228 g/mol. The van der Waals surface area contributed by atoms with Crippen LogP contribution in [0.15, 0.2) is 11.4 Å². The fourth-order valence-electron chi connectivity index (χ4n) is 1.05. The van der Waals surface area contributed by atoms with Crippen molar-refractivity contribution in [3.63, 3.8) is 0 Å². The minimum atomic E-state index is -0.776. The zero-order valence-electron chi connectivity index (χ0n) is 8.82. The normalized spacial score (nSPS) is 14.5. The molecule has 1 heterocycles. The molecule has 0 aliphatic carbocycles. The van der Waals surface area contributed by atoms with Crippen LogP contribution in [0.25, 0.3) is 0 Å². The standard InChI is InChI=1S/C10H14N2OS2/c1-8(15(2)13)5-12-6-10-3-9(4-11)7-14-10/h3,7-8,12H,5-6H2,1-2H3. The van der Waals surface area contributed by atoms with Crippen LogP contribution in [0, 0.1) is 11.3 Å². The number of hydrogen-bond donors (Lipinski definition) is 1. The lowest BCUT2D eigenvalue weighted by atomic mass is 10.3. The molecule has 0 aliphatic heterocycles. The van der Waals surface area contributed by atoms with Gasteiger partial charge in [-0.25, -0.2) is 0 Å². The van der Waals surface area contributed by atoms with E-state index in [-0.39, 0.29) is 5.25 Å². The fraction of sp³-hybridized carbons (Fsp3) is 0.500. The predicted octanol–water partition coefficient (Wildman–Crippen LogP) is 1.48. The molecule has 0 saturated heterocycles. The Kier molecular flexibility index (Phi) is 4.95. The van der Waals surface area contributed by atoms with Crippen molar-refractivity contribution < 1.29 is 4.21 Å². The molecule has 1 aromatic rings. The van der Waals surface area contributed by atoms with E-state index in [2.05, 4.69) is 11.4 Å². The molecule has 5 heteroatoms. The Morgan fingerprint density at radius 2 is 2.47 bits per heavy atom. The maximum absolute atomic E-state index is 11.1. The Labute approximate surface area is 96.6 Å². The minimum absolute atomic E-state index is 0.167. The van der Waals surface area contributed by atoms with Gasteiger partial charge in [-0.15, -0.1) is 11.3 Å². The van der Waals surface area contributed by atoms with E-state index in [4.69, 9.17) is 5.26 Å². The summed E-state index contributed by atoms with van der Waals surface area (Å²) in [5, 5.41) is 13.9. The highest BCUT2D eigenvalue weighted by molar-refractivity contribution is 7.84. The summed E-state index contributed by atoms with van der Waals surface area (Å²) in [6.45, 7) is 3.44. The Morgan fingerprint density at radius 3 is 3.00 bits per heavy atom. The third kappa shape index (κ3) is 4.12. The molecule has 0 bridgehead atoms. The molecule has 3 nitrogen and oxygen atoms in total. The summed E-state index contributed by atoms with van der Waals surface area (Å²) in [5.74, 6) is 0. The monoisotopic (exact) mass is 242 g/mol. The fourth-order valence-corrected chi connectivity index (χ4v) is 2.18. The van der Waals surface area contributed by atoms with E-state index in [1.807, 2.05) is 18.4 Å². The van der Waals surface area contributed by atoms with Crippen LogP contribution >= 0.6 is 11.3 Å².